The van der Waals surface area contributed by atoms with Gasteiger partial charge in [0.25, 0.3) is 0 Å². The van der Waals surface area contributed by atoms with Gasteiger partial charge in [-0.2, -0.15) is 4.98 Å². The summed E-state index contributed by atoms with van der Waals surface area (Å²) < 4.78 is 44.8. The van der Waals surface area contributed by atoms with E-state index in [0.29, 0.717) is 22.0 Å². The SMILES string of the molecule is O=S(=O)(Cc1ccccc1Cl)NCCc1nc(-c2ccc(F)cc2)no1. The fraction of sp³-hybridized carbons (Fsp3) is 0.176. The maximum Gasteiger partial charge on any atom is 0.228 e. The maximum absolute atomic E-state index is 12.9. The smallest absolute Gasteiger partial charge is 0.228 e. The summed E-state index contributed by atoms with van der Waals surface area (Å²) in [7, 11) is -3.54. The largest absolute Gasteiger partial charge is 0.339 e. The van der Waals surface area contributed by atoms with Crippen LogP contribution in [0.5, 0.6) is 0 Å². The van der Waals surface area contributed by atoms with Gasteiger partial charge in [0.2, 0.25) is 21.7 Å². The van der Waals surface area contributed by atoms with E-state index in [9.17, 15) is 12.8 Å². The van der Waals surface area contributed by atoms with Crippen LogP contribution in [0.3, 0.4) is 0 Å². The molecule has 1 aromatic heterocycles. The minimum Gasteiger partial charge on any atom is -0.339 e. The third-order valence-corrected chi connectivity index (χ3v) is 5.24. The third-order valence-electron chi connectivity index (χ3n) is 3.53. The van der Waals surface area contributed by atoms with E-state index in [1.807, 2.05) is 0 Å². The van der Waals surface area contributed by atoms with Crippen LogP contribution in [0.2, 0.25) is 5.02 Å². The zero-order chi connectivity index (χ0) is 18.6. The number of sulfonamides is 1. The Balaban J connectivity index is 1.56. The third kappa shape index (κ3) is 4.87. The van der Waals surface area contributed by atoms with Gasteiger partial charge in [-0.1, -0.05) is 35.0 Å². The number of hydrogen-bond donors (Lipinski definition) is 1. The molecule has 3 rings (SSSR count). The Morgan fingerprint density at radius 1 is 1.12 bits per heavy atom. The zero-order valence-electron chi connectivity index (χ0n) is 13.5. The highest BCUT2D eigenvalue weighted by Gasteiger charge is 2.14. The highest BCUT2D eigenvalue weighted by atomic mass is 35.5. The second-order valence-electron chi connectivity index (χ2n) is 5.51. The number of aromatic nitrogens is 2. The Kier molecular flexibility index (Phi) is 5.65. The first-order chi connectivity index (χ1) is 12.4. The molecule has 0 saturated carbocycles. The molecular weight excluding hydrogens is 381 g/mol. The van der Waals surface area contributed by atoms with E-state index in [1.54, 1.807) is 24.3 Å². The Labute approximate surface area is 155 Å². The van der Waals surface area contributed by atoms with Crippen molar-refractivity contribution in [3.8, 4) is 11.4 Å². The van der Waals surface area contributed by atoms with Crippen LogP contribution in [-0.4, -0.2) is 25.1 Å². The molecular formula is C17H15ClFN3O3S. The zero-order valence-corrected chi connectivity index (χ0v) is 15.1. The first-order valence-corrected chi connectivity index (χ1v) is 9.75. The molecule has 0 atom stereocenters. The van der Waals surface area contributed by atoms with Gasteiger partial charge in [0.1, 0.15) is 5.82 Å². The monoisotopic (exact) mass is 395 g/mol. The Bertz CT molecular complexity index is 990. The Morgan fingerprint density at radius 2 is 1.85 bits per heavy atom. The summed E-state index contributed by atoms with van der Waals surface area (Å²) in [5, 5.41) is 4.21. The van der Waals surface area contributed by atoms with E-state index in [1.165, 1.54) is 24.3 Å². The molecule has 3 aromatic rings. The van der Waals surface area contributed by atoms with Gasteiger partial charge in [0, 0.05) is 23.6 Å². The standard InChI is InChI=1S/C17H15ClFN3O3S/c18-15-4-2-1-3-13(15)11-26(23,24)20-10-9-16-21-17(22-25-16)12-5-7-14(19)8-6-12/h1-8,20H,9-11H2. The van der Waals surface area contributed by atoms with Crippen molar-refractivity contribution in [1.82, 2.24) is 14.9 Å². The predicted octanol–water partition coefficient (Wildman–Crippen LogP) is 3.19. The Hall–Kier alpha value is -2.29. The molecule has 1 heterocycles. The second kappa shape index (κ2) is 7.94. The molecule has 0 saturated heterocycles. The van der Waals surface area contributed by atoms with Crippen LogP contribution in [0.1, 0.15) is 11.5 Å². The molecule has 0 fully saturated rings. The molecule has 0 aliphatic carbocycles. The second-order valence-corrected chi connectivity index (χ2v) is 7.73. The highest BCUT2D eigenvalue weighted by molar-refractivity contribution is 7.88. The lowest BCUT2D eigenvalue weighted by Gasteiger charge is -2.06. The van der Waals surface area contributed by atoms with Crippen LogP contribution in [0.15, 0.2) is 53.1 Å². The van der Waals surface area contributed by atoms with Gasteiger partial charge in [0.15, 0.2) is 0 Å². The van der Waals surface area contributed by atoms with E-state index in [-0.39, 0.29) is 30.4 Å². The van der Waals surface area contributed by atoms with Gasteiger partial charge in [0.05, 0.1) is 5.75 Å². The minimum absolute atomic E-state index is 0.109. The van der Waals surface area contributed by atoms with E-state index in [0.717, 1.165) is 0 Å². The first-order valence-electron chi connectivity index (χ1n) is 7.72. The molecule has 26 heavy (non-hydrogen) atoms. The van der Waals surface area contributed by atoms with Crippen LogP contribution >= 0.6 is 11.6 Å². The van der Waals surface area contributed by atoms with E-state index < -0.39 is 10.0 Å². The van der Waals surface area contributed by atoms with E-state index >= 15 is 0 Å². The summed E-state index contributed by atoms with van der Waals surface area (Å²) in [6.45, 7) is 0.109. The van der Waals surface area contributed by atoms with Crippen molar-refractivity contribution < 1.29 is 17.3 Å². The minimum atomic E-state index is -3.54. The van der Waals surface area contributed by atoms with Gasteiger partial charge >= 0.3 is 0 Å². The topological polar surface area (TPSA) is 85.1 Å². The lowest BCUT2D eigenvalue weighted by Crippen LogP contribution is -2.27. The average Bonchev–Trinajstić information content (AvgIpc) is 3.06. The molecule has 6 nitrogen and oxygen atoms in total. The van der Waals surface area contributed by atoms with Crippen LogP contribution in [-0.2, 0) is 22.2 Å². The molecule has 0 unspecified atom stereocenters. The van der Waals surface area contributed by atoms with Gasteiger partial charge in [-0.3, -0.25) is 0 Å². The normalized spacial score (nSPS) is 11.6. The molecule has 0 radical (unpaired) electrons. The van der Waals surface area contributed by atoms with Crippen LogP contribution < -0.4 is 4.72 Å². The van der Waals surface area contributed by atoms with Crippen molar-refractivity contribution in [3.63, 3.8) is 0 Å². The van der Waals surface area contributed by atoms with Crippen molar-refractivity contribution in [2.24, 2.45) is 0 Å². The van der Waals surface area contributed by atoms with Crippen LogP contribution in [0.25, 0.3) is 11.4 Å². The number of nitrogens with zero attached hydrogens (tertiary/aromatic N) is 2. The fourth-order valence-corrected chi connectivity index (χ4v) is 3.72. The van der Waals surface area contributed by atoms with Crippen molar-refractivity contribution in [2.75, 3.05) is 6.54 Å². The number of halogens is 2. The molecule has 2 aromatic carbocycles. The molecule has 0 aliphatic heterocycles. The lowest BCUT2D eigenvalue weighted by molar-refractivity contribution is 0.379. The summed E-state index contributed by atoms with van der Waals surface area (Å²) in [5.41, 5.74) is 1.14. The van der Waals surface area contributed by atoms with Gasteiger partial charge < -0.3 is 4.52 Å². The van der Waals surface area contributed by atoms with Crippen LogP contribution in [0.4, 0.5) is 4.39 Å². The summed E-state index contributed by atoms with van der Waals surface area (Å²) in [5.74, 6) is 0.0335. The molecule has 0 aliphatic rings. The summed E-state index contributed by atoms with van der Waals surface area (Å²) in [6.07, 6.45) is 0.232. The number of hydrogen-bond acceptors (Lipinski definition) is 5. The summed E-state index contributed by atoms with van der Waals surface area (Å²) in [4.78, 5) is 4.17. The molecule has 1 N–H and O–H groups in total. The van der Waals surface area contributed by atoms with Crippen molar-refractivity contribution >= 4 is 21.6 Å². The molecule has 9 heteroatoms. The molecule has 0 bridgehead atoms. The summed E-state index contributed by atoms with van der Waals surface area (Å²) in [6, 6.07) is 12.4. The maximum atomic E-state index is 12.9. The molecule has 136 valence electrons. The quantitative estimate of drug-likeness (QED) is 0.664. The van der Waals surface area contributed by atoms with Crippen molar-refractivity contribution in [2.45, 2.75) is 12.2 Å². The first kappa shape index (κ1) is 18.5. The lowest BCUT2D eigenvalue weighted by atomic mass is 10.2. The Morgan fingerprint density at radius 3 is 2.58 bits per heavy atom. The van der Waals surface area contributed by atoms with Crippen molar-refractivity contribution in [3.05, 3.63) is 70.8 Å². The number of rotatable bonds is 7. The van der Waals surface area contributed by atoms with Gasteiger partial charge in [-0.05, 0) is 35.9 Å². The van der Waals surface area contributed by atoms with Crippen molar-refractivity contribution in [1.29, 1.82) is 0 Å². The number of nitrogens with one attached hydrogen (secondary N) is 1. The number of benzene rings is 2. The van der Waals surface area contributed by atoms with E-state index in [4.69, 9.17) is 16.1 Å². The summed E-state index contributed by atoms with van der Waals surface area (Å²) >= 11 is 5.98. The average molecular weight is 396 g/mol. The predicted molar refractivity (Wildman–Crippen MR) is 95.5 cm³/mol. The molecule has 0 spiro atoms. The van der Waals surface area contributed by atoms with E-state index in [2.05, 4.69) is 14.9 Å². The van der Waals surface area contributed by atoms with Gasteiger partial charge in [-0.15, -0.1) is 0 Å². The highest BCUT2D eigenvalue weighted by Crippen LogP contribution is 2.18. The van der Waals surface area contributed by atoms with Gasteiger partial charge in [-0.25, -0.2) is 17.5 Å². The van der Waals surface area contributed by atoms with Crippen LogP contribution in [0, 0.1) is 5.82 Å². The fourth-order valence-electron chi connectivity index (χ4n) is 2.26. The molecule has 0 amide bonds.